The van der Waals surface area contributed by atoms with Crippen LogP contribution in [0.15, 0.2) is 0 Å². The second kappa shape index (κ2) is 11.7. The third-order valence-corrected chi connectivity index (χ3v) is 3.61. The fraction of sp³-hybridized carbons (Fsp3) is 0.733. The highest BCUT2D eigenvalue weighted by molar-refractivity contribution is 6.39. The predicted molar refractivity (Wildman–Crippen MR) is 85.9 cm³/mol. The van der Waals surface area contributed by atoms with E-state index in [1.807, 2.05) is 7.05 Å². The molecule has 0 aromatic heterocycles. The van der Waals surface area contributed by atoms with E-state index in [0.29, 0.717) is 12.8 Å². The fourth-order valence-electron chi connectivity index (χ4n) is 2.29. The fourth-order valence-corrected chi connectivity index (χ4v) is 2.29. The Morgan fingerprint density at radius 3 is 2.26 bits per heavy atom. The molecule has 0 aliphatic heterocycles. The Morgan fingerprint density at radius 2 is 1.78 bits per heavy atom. The molecule has 0 aliphatic rings. The molecule has 0 amide bonds. The zero-order valence-corrected chi connectivity index (χ0v) is 14.0. The number of nitrogens with one attached hydrogen (secondary N) is 3. The molecule has 0 saturated heterocycles. The van der Waals surface area contributed by atoms with Crippen molar-refractivity contribution < 1.29 is 24.2 Å². The van der Waals surface area contributed by atoms with Crippen LogP contribution in [0.25, 0.3) is 0 Å². The van der Waals surface area contributed by atoms with E-state index >= 15 is 0 Å². The summed E-state index contributed by atoms with van der Waals surface area (Å²) in [5.74, 6) is -2.37. The van der Waals surface area contributed by atoms with Crippen LogP contribution in [0.1, 0.15) is 25.7 Å². The Kier molecular flexibility index (Phi) is 10.8. The van der Waals surface area contributed by atoms with Gasteiger partial charge < -0.3 is 19.9 Å². The molecular formula is C15H27N3O5. The maximum absolute atomic E-state index is 11.6. The van der Waals surface area contributed by atoms with Gasteiger partial charge in [0.15, 0.2) is 0 Å². The number of hydrogen-bond acceptors (Lipinski definition) is 8. The lowest BCUT2D eigenvalue weighted by molar-refractivity contribution is -0.134. The molecule has 2 unspecified atom stereocenters. The Bertz CT molecular complexity index is 425. The normalized spacial score (nSPS) is 13.0. The van der Waals surface area contributed by atoms with Crippen LogP contribution in [0.3, 0.4) is 0 Å². The van der Waals surface area contributed by atoms with Crippen LogP contribution in [0.2, 0.25) is 0 Å². The number of aliphatic hydroxyl groups is 1. The molecule has 0 heterocycles. The van der Waals surface area contributed by atoms with Crippen LogP contribution < -0.4 is 5.32 Å². The first-order valence-corrected chi connectivity index (χ1v) is 7.49. The lowest BCUT2D eigenvalue weighted by Gasteiger charge is -2.22. The van der Waals surface area contributed by atoms with Gasteiger partial charge in [0.2, 0.25) is 0 Å². The number of esters is 2. The zero-order valence-electron chi connectivity index (χ0n) is 14.0. The van der Waals surface area contributed by atoms with Crippen LogP contribution in [0.4, 0.5) is 0 Å². The van der Waals surface area contributed by atoms with Crippen molar-refractivity contribution in [1.29, 1.82) is 10.8 Å². The summed E-state index contributed by atoms with van der Waals surface area (Å²) in [6, 6.07) is 0. The molecule has 0 radical (unpaired) electrons. The Hall–Kier alpha value is -1.80. The lowest BCUT2D eigenvalue weighted by atomic mass is 9.85. The molecule has 23 heavy (non-hydrogen) atoms. The van der Waals surface area contributed by atoms with Crippen molar-refractivity contribution >= 4 is 23.4 Å². The Labute approximate surface area is 136 Å². The van der Waals surface area contributed by atoms with Gasteiger partial charge in [0, 0.05) is 18.9 Å². The summed E-state index contributed by atoms with van der Waals surface area (Å²) in [4.78, 5) is 23.0. The number of carbonyl (C=O) groups is 2. The number of methoxy groups -OCH3 is 2. The summed E-state index contributed by atoms with van der Waals surface area (Å²) in [6.07, 6.45) is 1.79. The molecule has 0 aromatic carbocycles. The minimum Gasteiger partial charge on any atom is -0.465 e. The molecule has 0 spiro atoms. The van der Waals surface area contributed by atoms with Crippen molar-refractivity contribution in [3.63, 3.8) is 0 Å². The summed E-state index contributed by atoms with van der Waals surface area (Å²) < 4.78 is 9.03. The van der Waals surface area contributed by atoms with E-state index in [1.54, 1.807) is 0 Å². The number of ether oxygens (including phenoxy) is 2. The predicted octanol–water partition coefficient (Wildman–Crippen LogP) is 0.376. The summed E-state index contributed by atoms with van der Waals surface area (Å²) in [5.41, 5.74) is -0.605. The highest BCUT2D eigenvalue weighted by atomic mass is 16.5. The standard InChI is InChI=1S/C15H27N3O5/c1-18-6-4-5-10(9-19)7-11(13(17)15(21)23-3)8-12(16)14(20)22-2/h10-11,16-19H,4-9H2,1-3H3. The lowest BCUT2D eigenvalue weighted by Crippen LogP contribution is -2.31. The topological polar surface area (TPSA) is 133 Å². The number of aliphatic hydroxyl groups excluding tert-OH is 1. The Balaban J connectivity index is 4.95. The van der Waals surface area contributed by atoms with Crippen LogP contribution >= 0.6 is 0 Å². The molecule has 8 heteroatoms. The van der Waals surface area contributed by atoms with E-state index in [4.69, 9.17) is 10.8 Å². The first kappa shape index (κ1) is 21.2. The van der Waals surface area contributed by atoms with Gasteiger partial charge in [0.1, 0.15) is 11.4 Å². The van der Waals surface area contributed by atoms with Crippen molar-refractivity contribution in [3.8, 4) is 0 Å². The summed E-state index contributed by atoms with van der Waals surface area (Å²) in [7, 11) is 4.18. The van der Waals surface area contributed by atoms with Gasteiger partial charge in [-0.05, 0) is 38.8 Å². The minimum atomic E-state index is -0.792. The molecule has 0 fully saturated rings. The maximum atomic E-state index is 11.6. The quantitative estimate of drug-likeness (QED) is 0.232. The van der Waals surface area contributed by atoms with Crippen LogP contribution in [-0.4, -0.2) is 62.9 Å². The minimum absolute atomic E-state index is 0.0831. The molecule has 8 nitrogen and oxygen atoms in total. The van der Waals surface area contributed by atoms with Gasteiger partial charge >= 0.3 is 11.9 Å². The van der Waals surface area contributed by atoms with Gasteiger partial charge in [-0.15, -0.1) is 0 Å². The first-order chi connectivity index (χ1) is 10.9. The first-order valence-electron chi connectivity index (χ1n) is 7.49. The zero-order chi connectivity index (χ0) is 17.8. The molecule has 0 aliphatic carbocycles. The van der Waals surface area contributed by atoms with Crippen molar-refractivity contribution in [2.75, 3.05) is 34.4 Å². The van der Waals surface area contributed by atoms with Crippen LogP contribution in [0, 0.1) is 22.7 Å². The number of rotatable bonds is 12. The molecule has 0 rings (SSSR count). The average Bonchev–Trinajstić information content (AvgIpc) is 2.57. The van der Waals surface area contributed by atoms with E-state index in [1.165, 1.54) is 14.2 Å². The van der Waals surface area contributed by atoms with E-state index in [2.05, 4.69) is 14.8 Å². The van der Waals surface area contributed by atoms with Gasteiger partial charge in [-0.3, -0.25) is 10.8 Å². The van der Waals surface area contributed by atoms with Gasteiger partial charge in [0.05, 0.1) is 14.2 Å². The average molecular weight is 329 g/mol. The van der Waals surface area contributed by atoms with Crippen molar-refractivity contribution in [2.45, 2.75) is 25.7 Å². The SMILES string of the molecule is CNCCCC(CO)CC(CC(=N)C(=O)OC)C(=N)C(=O)OC. The Morgan fingerprint density at radius 1 is 1.17 bits per heavy atom. The van der Waals surface area contributed by atoms with Gasteiger partial charge in [-0.2, -0.15) is 0 Å². The van der Waals surface area contributed by atoms with Crippen LogP contribution in [0.5, 0.6) is 0 Å². The highest BCUT2D eigenvalue weighted by Gasteiger charge is 2.28. The second-order valence-electron chi connectivity index (χ2n) is 5.31. The highest BCUT2D eigenvalue weighted by Crippen LogP contribution is 2.22. The number of hydrogen-bond donors (Lipinski definition) is 4. The second-order valence-corrected chi connectivity index (χ2v) is 5.31. The number of carbonyl (C=O) groups excluding carboxylic acids is 2. The van der Waals surface area contributed by atoms with E-state index in [-0.39, 0.29) is 30.4 Å². The van der Waals surface area contributed by atoms with E-state index in [0.717, 1.165) is 13.0 Å². The molecular weight excluding hydrogens is 302 g/mol. The van der Waals surface area contributed by atoms with E-state index in [9.17, 15) is 14.7 Å². The monoisotopic (exact) mass is 329 g/mol. The van der Waals surface area contributed by atoms with E-state index < -0.39 is 17.9 Å². The van der Waals surface area contributed by atoms with Gasteiger partial charge in [0.25, 0.3) is 0 Å². The summed E-state index contributed by atoms with van der Waals surface area (Å²) >= 11 is 0. The largest absolute Gasteiger partial charge is 0.465 e. The van der Waals surface area contributed by atoms with Gasteiger partial charge in [-0.25, -0.2) is 9.59 Å². The molecule has 132 valence electrons. The molecule has 0 saturated carbocycles. The third kappa shape index (κ3) is 7.85. The van der Waals surface area contributed by atoms with Crippen LogP contribution in [-0.2, 0) is 19.1 Å². The smallest absolute Gasteiger partial charge is 0.351 e. The molecule has 4 N–H and O–H groups in total. The van der Waals surface area contributed by atoms with Gasteiger partial charge in [-0.1, -0.05) is 0 Å². The third-order valence-electron chi connectivity index (χ3n) is 3.61. The van der Waals surface area contributed by atoms with Crippen molar-refractivity contribution in [2.24, 2.45) is 11.8 Å². The molecule has 0 bridgehead atoms. The van der Waals surface area contributed by atoms with Crippen molar-refractivity contribution in [3.05, 3.63) is 0 Å². The molecule has 2 atom stereocenters. The maximum Gasteiger partial charge on any atom is 0.351 e. The van der Waals surface area contributed by atoms with Crippen molar-refractivity contribution in [1.82, 2.24) is 5.32 Å². The molecule has 0 aromatic rings. The summed E-state index contributed by atoms with van der Waals surface area (Å²) in [5, 5.41) is 28.1. The summed E-state index contributed by atoms with van der Waals surface area (Å²) in [6.45, 7) is 0.716.